The van der Waals surface area contributed by atoms with E-state index >= 15 is 0 Å². The van der Waals surface area contributed by atoms with Crippen LogP contribution < -0.4 is 16.2 Å². The van der Waals surface area contributed by atoms with Gasteiger partial charge >= 0.3 is 0 Å². The Morgan fingerprint density at radius 2 is 1.75 bits per heavy atom. The summed E-state index contributed by atoms with van der Waals surface area (Å²) in [6, 6.07) is 3.13. The first-order chi connectivity index (χ1) is 8.97. The van der Waals surface area contributed by atoms with Crippen molar-refractivity contribution in [2.75, 3.05) is 12.3 Å². The van der Waals surface area contributed by atoms with Gasteiger partial charge in [-0.1, -0.05) is 0 Å². The molecule has 20 heavy (non-hydrogen) atoms. The predicted molar refractivity (Wildman–Crippen MR) is 78.5 cm³/mol. The number of amides is 1. The van der Waals surface area contributed by atoms with Crippen molar-refractivity contribution in [3.8, 4) is 0 Å². The number of anilines is 1. The molecule has 0 bridgehead atoms. The monoisotopic (exact) mass is 299 g/mol. The third-order valence-corrected chi connectivity index (χ3v) is 4.74. The molecule has 0 aliphatic rings. The third-order valence-electron chi connectivity index (χ3n) is 3.29. The molecule has 0 radical (unpaired) electrons. The fourth-order valence-electron chi connectivity index (χ4n) is 1.49. The molecule has 0 saturated carbocycles. The van der Waals surface area contributed by atoms with Crippen molar-refractivity contribution in [3.63, 3.8) is 0 Å². The minimum absolute atomic E-state index is 0.0147. The second kappa shape index (κ2) is 5.41. The normalized spacial score (nSPS) is 12.4. The fraction of sp³-hybridized carbons (Fsp3) is 0.462. The molecule has 0 heterocycles. The average Bonchev–Trinajstić information content (AvgIpc) is 2.31. The Labute approximate surface area is 119 Å². The summed E-state index contributed by atoms with van der Waals surface area (Å²) in [5.74, 6) is -0.576. The minimum Gasteiger partial charge on any atom is -0.398 e. The maximum Gasteiger partial charge on any atom is 0.242 e. The van der Waals surface area contributed by atoms with Crippen LogP contribution in [0.2, 0.25) is 0 Å². The molecular formula is C13H21N3O3S. The first-order valence-electron chi connectivity index (χ1n) is 6.13. The van der Waals surface area contributed by atoms with Gasteiger partial charge in [0, 0.05) is 6.54 Å². The molecule has 0 atom stereocenters. The van der Waals surface area contributed by atoms with E-state index < -0.39 is 21.3 Å². The number of sulfonamides is 1. The van der Waals surface area contributed by atoms with Crippen molar-refractivity contribution in [1.29, 1.82) is 0 Å². The summed E-state index contributed by atoms with van der Waals surface area (Å²) in [5, 5.41) is 0. The Morgan fingerprint density at radius 1 is 1.25 bits per heavy atom. The van der Waals surface area contributed by atoms with E-state index in [1.54, 1.807) is 26.8 Å². The van der Waals surface area contributed by atoms with Crippen LogP contribution in [0.1, 0.15) is 25.0 Å². The van der Waals surface area contributed by atoms with E-state index in [9.17, 15) is 13.2 Å². The van der Waals surface area contributed by atoms with Gasteiger partial charge in [0.25, 0.3) is 0 Å². The molecule has 0 spiro atoms. The number of nitrogens with one attached hydrogen (secondary N) is 1. The second-order valence-electron chi connectivity index (χ2n) is 5.55. The predicted octanol–water partition coefficient (Wildman–Crippen LogP) is 0.675. The summed E-state index contributed by atoms with van der Waals surface area (Å²) >= 11 is 0. The number of primary amides is 1. The number of nitrogen functional groups attached to an aromatic ring is 1. The van der Waals surface area contributed by atoms with Crippen LogP contribution >= 0.6 is 0 Å². The van der Waals surface area contributed by atoms with Crippen molar-refractivity contribution in [1.82, 2.24) is 4.72 Å². The van der Waals surface area contributed by atoms with Gasteiger partial charge in [0.2, 0.25) is 15.9 Å². The molecule has 1 aromatic carbocycles. The standard InChI is InChI=1S/C13H21N3O3S/c1-8-5-10(14)11(6-9(8)2)20(18,19)16-7-13(3,4)12(15)17/h5-6,16H,7,14H2,1-4H3,(H2,15,17). The smallest absolute Gasteiger partial charge is 0.242 e. The number of carbonyl (C=O) groups excluding carboxylic acids is 1. The number of hydrogen-bond acceptors (Lipinski definition) is 4. The molecule has 7 heteroatoms. The summed E-state index contributed by atoms with van der Waals surface area (Å²) in [7, 11) is -3.78. The van der Waals surface area contributed by atoms with Crippen LogP contribution in [0, 0.1) is 19.3 Å². The van der Waals surface area contributed by atoms with Crippen LogP contribution in [-0.4, -0.2) is 20.9 Å². The lowest BCUT2D eigenvalue weighted by Gasteiger charge is -2.21. The van der Waals surface area contributed by atoms with E-state index in [1.165, 1.54) is 6.07 Å². The van der Waals surface area contributed by atoms with E-state index in [2.05, 4.69) is 4.72 Å². The van der Waals surface area contributed by atoms with Gasteiger partial charge in [-0.25, -0.2) is 13.1 Å². The van der Waals surface area contributed by atoms with Gasteiger partial charge in [-0.05, 0) is 51.0 Å². The lowest BCUT2D eigenvalue weighted by molar-refractivity contribution is -0.125. The lowest BCUT2D eigenvalue weighted by Crippen LogP contribution is -2.42. The van der Waals surface area contributed by atoms with Crippen LogP contribution in [0.3, 0.4) is 0 Å². The molecule has 0 aliphatic heterocycles. The van der Waals surface area contributed by atoms with Gasteiger partial charge in [-0.15, -0.1) is 0 Å². The molecule has 5 N–H and O–H groups in total. The lowest BCUT2D eigenvalue weighted by atomic mass is 9.93. The summed E-state index contributed by atoms with van der Waals surface area (Å²) in [6.45, 7) is 6.72. The zero-order chi connectivity index (χ0) is 15.7. The average molecular weight is 299 g/mol. The fourth-order valence-corrected chi connectivity index (χ4v) is 2.89. The molecule has 1 amide bonds. The van der Waals surface area contributed by atoms with E-state index in [4.69, 9.17) is 11.5 Å². The first kappa shape index (κ1) is 16.5. The van der Waals surface area contributed by atoms with Crippen LogP contribution in [0.25, 0.3) is 0 Å². The van der Waals surface area contributed by atoms with Crippen LogP contribution in [0.4, 0.5) is 5.69 Å². The summed E-state index contributed by atoms with van der Waals surface area (Å²) < 4.78 is 26.9. The van der Waals surface area contributed by atoms with E-state index in [-0.39, 0.29) is 17.1 Å². The molecule has 1 aromatic rings. The maximum absolute atomic E-state index is 12.2. The molecule has 6 nitrogen and oxygen atoms in total. The summed E-state index contributed by atoms with van der Waals surface area (Å²) in [4.78, 5) is 11.2. The SMILES string of the molecule is Cc1cc(N)c(S(=O)(=O)NCC(C)(C)C(N)=O)cc1C. The summed E-state index contributed by atoms with van der Waals surface area (Å²) in [6.07, 6.45) is 0. The highest BCUT2D eigenvalue weighted by Gasteiger charge is 2.28. The zero-order valence-corrected chi connectivity index (χ0v) is 13.0. The van der Waals surface area contributed by atoms with E-state index in [0.29, 0.717) is 0 Å². The molecule has 0 saturated heterocycles. The molecule has 0 unspecified atom stereocenters. The quantitative estimate of drug-likeness (QED) is 0.693. The van der Waals surface area contributed by atoms with Gasteiger partial charge in [0.15, 0.2) is 0 Å². The van der Waals surface area contributed by atoms with Crippen molar-refractivity contribution >= 4 is 21.6 Å². The van der Waals surface area contributed by atoms with Gasteiger partial charge in [-0.2, -0.15) is 0 Å². The Hall–Kier alpha value is -1.60. The van der Waals surface area contributed by atoms with Gasteiger partial charge in [0.05, 0.1) is 11.1 Å². The Balaban J connectivity index is 3.07. The van der Waals surface area contributed by atoms with Crippen LogP contribution in [0.5, 0.6) is 0 Å². The molecule has 112 valence electrons. The molecule has 0 aliphatic carbocycles. The second-order valence-corrected chi connectivity index (χ2v) is 7.28. The number of benzene rings is 1. The minimum atomic E-state index is -3.78. The zero-order valence-electron chi connectivity index (χ0n) is 12.1. The number of aryl methyl sites for hydroxylation is 2. The Morgan fingerprint density at radius 3 is 2.25 bits per heavy atom. The van der Waals surface area contributed by atoms with Gasteiger partial charge in [-0.3, -0.25) is 4.79 Å². The summed E-state index contributed by atoms with van der Waals surface area (Å²) in [5.41, 5.74) is 11.9. The number of rotatable bonds is 5. The van der Waals surface area contributed by atoms with Gasteiger partial charge < -0.3 is 11.5 Å². The first-order valence-corrected chi connectivity index (χ1v) is 7.62. The number of nitrogens with two attached hydrogens (primary N) is 2. The maximum atomic E-state index is 12.2. The largest absolute Gasteiger partial charge is 0.398 e. The van der Waals surface area contributed by atoms with Crippen LogP contribution in [-0.2, 0) is 14.8 Å². The highest BCUT2D eigenvalue weighted by Crippen LogP contribution is 2.23. The number of carbonyl (C=O) groups is 1. The van der Waals surface area contributed by atoms with Crippen molar-refractivity contribution < 1.29 is 13.2 Å². The Bertz CT molecular complexity index is 637. The molecule has 0 aromatic heterocycles. The molecule has 1 rings (SSSR count). The molecule has 0 fully saturated rings. The van der Waals surface area contributed by atoms with Crippen LogP contribution in [0.15, 0.2) is 17.0 Å². The van der Waals surface area contributed by atoms with E-state index in [0.717, 1.165) is 11.1 Å². The highest BCUT2D eigenvalue weighted by molar-refractivity contribution is 7.89. The van der Waals surface area contributed by atoms with E-state index in [1.807, 2.05) is 6.92 Å². The van der Waals surface area contributed by atoms with Gasteiger partial charge in [0.1, 0.15) is 4.90 Å². The van der Waals surface area contributed by atoms with Crippen molar-refractivity contribution in [2.45, 2.75) is 32.6 Å². The topological polar surface area (TPSA) is 115 Å². The molecular weight excluding hydrogens is 278 g/mol. The van der Waals surface area contributed by atoms with Crippen molar-refractivity contribution in [2.24, 2.45) is 11.1 Å². The third kappa shape index (κ3) is 3.49. The Kier molecular flexibility index (Phi) is 4.45. The number of hydrogen-bond donors (Lipinski definition) is 3. The highest BCUT2D eigenvalue weighted by atomic mass is 32.2. The van der Waals surface area contributed by atoms with Crippen molar-refractivity contribution in [3.05, 3.63) is 23.3 Å².